The second-order valence-electron chi connectivity index (χ2n) is 3.64. The highest BCUT2D eigenvalue weighted by Crippen LogP contribution is 2.16. The number of hydrogen-bond acceptors (Lipinski definition) is 3. The maximum absolute atomic E-state index is 11.9. The average Bonchev–Trinajstić information content (AvgIpc) is 2.33. The summed E-state index contributed by atoms with van der Waals surface area (Å²) in [6, 6.07) is 4.75. The summed E-state index contributed by atoms with van der Waals surface area (Å²) in [5.74, 6) is -0.455. The molecule has 92 valence electrons. The Kier molecular flexibility index (Phi) is 3.57. The molecule has 6 heteroatoms. The van der Waals surface area contributed by atoms with Crippen molar-refractivity contribution in [2.75, 3.05) is 5.32 Å². The third-order valence-corrected chi connectivity index (χ3v) is 2.81. The van der Waals surface area contributed by atoms with E-state index in [9.17, 15) is 9.59 Å². The lowest BCUT2D eigenvalue weighted by molar-refractivity contribution is 0.102. The van der Waals surface area contributed by atoms with Crippen LogP contribution in [0.1, 0.15) is 16.1 Å². The largest absolute Gasteiger partial charge is 0.367 e. The number of nitrogens with one attached hydrogen (secondary N) is 2. The number of aromatic nitrogens is 2. The molecule has 0 bridgehead atoms. The van der Waals surface area contributed by atoms with Crippen molar-refractivity contribution >= 4 is 27.5 Å². The molecule has 0 spiro atoms. The summed E-state index contributed by atoms with van der Waals surface area (Å²) in [5, 5.41) is 2.65. The smallest absolute Gasteiger partial charge is 0.261 e. The molecule has 2 N–H and O–H groups in total. The number of anilines is 1. The lowest BCUT2D eigenvalue weighted by atomic mass is 10.2. The molecule has 2 aromatic heterocycles. The molecule has 0 radical (unpaired) electrons. The van der Waals surface area contributed by atoms with Gasteiger partial charge in [-0.25, -0.2) is 4.98 Å². The molecule has 2 heterocycles. The van der Waals surface area contributed by atoms with Crippen molar-refractivity contribution in [1.82, 2.24) is 9.97 Å². The zero-order valence-electron chi connectivity index (χ0n) is 9.53. The third kappa shape index (κ3) is 2.65. The van der Waals surface area contributed by atoms with E-state index in [4.69, 9.17) is 0 Å². The summed E-state index contributed by atoms with van der Waals surface area (Å²) in [6.07, 6.45) is 2.85. The average molecular weight is 308 g/mol. The first-order valence-corrected chi connectivity index (χ1v) is 5.99. The van der Waals surface area contributed by atoms with Gasteiger partial charge in [0.2, 0.25) is 0 Å². The fourth-order valence-corrected chi connectivity index (χ4v) is 1.84. The highest BCUT2D eigenvalue weighted by atomic mass is 79.9. The van der Waals surface area contributed by atoms with Crippen LogP contribution in [0.5, 0.6) is 0 Å². The number of rotatable bonds is 2. The standard InChI is InChI=1S/C12H10BrN3O2/c1-7-9(2-3-11(13)15-7)16-12(18)8-6-14-5-4-10(8)17/h2-6H,1H3,(H,14,17)(H,16,18). The molecule has 0 aliphatic carbocycles. The summed E-state index contributed by atoms with van der Waals surface area (Å²) < 4.78 is 0.690. The number of H-pyrrole nitrogens is 1. The molecule has 0 aliphatic rings. The number of aryl methyl sites for hydroxylation is 1. The van der Waals surface area contributed by atoms with E-state index in [1.807, 2.05) is 0 Å². The lowest BCUT2D eigenvalue weighted by Gasteiger charge is -2.07. The van der Waals surface area contributed by atoms with Crippen LogP contribution in [0.3, 0.4) is 0 Å². The Morgan fingerprint density at radius 2 is 2.17 bits per heavy atom. The molecule has 0 atom stereocenters. The van der Waals surface area contributed by atoms with E-state index in [0.717, 1.165) is 0 Å². The molecule has 0 aliphatic heterocycles. The zero-order valence-corrected chi connectivity index (χ0v) is 11.1. The molecular formula is C12H10BrN3O2. The van der Waals surface area contributed by atoms with Gasteiger partial charge in [-0.1, -0.05) is 0 Å². The van der Waals surface area contributed by atoms with Crippen molar-refractivity contribution in [3.8, 4) is 0 Å². The number of halogens is 1. The topological polar surface area (TPSA) is 74.8 Å². The molecule has 0 unspecified atom stereocenters. The first-order chi connectivity index (χ1) is 8.58. The van der Waals surface area contributed by atoms with Crippen molar-refractivity contribution in [3.05, 3.63) is 56.7 Å². The first kappa shape index (κ1) is 12.5. The monoisotopic (exact) mass is 307 g/mol. The van der Waals surface area contributed by atoms with Crippen LogP contribution < -0.4 is 10.7 Å². The second kappa shape index (κ2) is 5.14. The van der Waals surface area contributed by atoms with Crippen LogP contribution in [0.25, 0.3) is 0 Å². The van der Waals surface area contributed by atoms with Gasteiger partial charge in [0.15, 0.2) is 5.43 Å². The molecule has 0 saturated heterocycles. The van der Waals surface area contributed by atoms with Gasteiger partial charge in [-0.15, -0.1) is 0 Å². The van der Waals surface area contributed by atoms with Crippen LogP contribution in [0, 0.1) is 6.92 Å². The summed E-state index contributed by atoms with van der Waals surface area (Å²) in [6.45, 7) is 1.77. The van der Waals surface area contributed by atoms with Crippen molar-refractivity contribution in [2.45, 2.75) is 6.92 Å². The number of carbonyl (C=O) groups excluding carboxylic acids is 1. The van der Waals surface area contributed by atoms with Crippen molar-refractivity contribution in [1.29, 1.82) is 0 Å². The van der Waals surface area contributed by atoms with Gasteiger partial charge in [0.1, 0.15) is 10.2 Å². The van der Waals surface area contributed by atoms with Gasteiger partial charge in [0.05, 0.1) is 11.4 Å². The highest BCUT2D eigenvalue weighted by Gasteiger charge is 2.11. The summed E-state index contributed by atoms with van der Waals surface area (Å²) in [5.41, 5.74) is 0.991. The predicted octanol–water partition coefficient (Wildman–Crippen LogP) is 2.09. The van der Waals surface area contributed by atoms with E-state index in [0.29, 0.717) is 16.0 Å². The predicted molar refractivity (Wildman–Crippen MR) is 71.7 cm³/mol. The summed E-state index contributed by atoms with van der Waals surface area (Å²) >= 11 is 3.24. The van der Waals surface area contributed by atoms with Gasteiger partial charge in [0, 0.05) is 18.5 Å². The van der Waals surface area contributed by atoms with E-state index < -0.39 is 5.91 Å². The van der Waals surface area contributed by atoms with Gasteiger partial charge in [-0.05, 0) is 35.0 Å². The number of nitrogens with zero attached hydrogens (tertiary/aromatic N) is 1. The minimum atomic E-state index is -0.455. The molecule has 0 aromatic carbocycles. The van der Waals surface area contributed by atoms with Crippen LogP contribution in [0.15, 0.2) is 40.0 Å². The highest BCUT2D eigenvalue weighted by molar-refractivity contribution is 9.10. The minimum absolute atomic E-state index is 0.0693. The van der Waals surface area contributed by atoms with Crippen molar-refractivity contribution in [2.24, 2.45) is 0 Å². The van der Waals surface area contributed by atoms with Crippen molar-refractivity contribution < 1.29 is 4.79 Å². The van der Waals surface area contributed by atoms with E-state index in [2.05, 4.69) is 31.2 Å². The Hall–Kier alpha value is -1.95. The molecule has 2 aromatic rings. The van der Waals surface area contributed by atoms with Crippen molar-refractivity contribution in [3.63, 3.8) is 0 Å². The number of hydrogen-bond donors (Lipinski definition) is 2. The Bertz CT molecular complexity index is 652. The van der Waals surface area contributed by atoms with Gasteiger partial charge >= 0.3 is 0 Å². The normalized spacial score (nSPS) is 10.1. The summed E-state index contributed by atoms with van der Waals surface area (Å²) in [4.78, 5) is 30.3. The number of pyridine rings is 2. The first-order valence-electron chi connectivity index (χ1n) is 5.19. The summed E-state index contributed by atoms with van der Waals surface area (Å²) in [7, 11) is 0. The Morgan fingerprint density at radius 3 is 2.83 bits per heavy atom. The maximum atomic E-state index is 11.9. The molecular weight excluding hydrogens is 298 g/mol. The molecule has 1 amide bonds. The lowest BCUT2D eigenvalue weighted by Crippen LogP contribution is -2.21. The molecule has 0 saturated carbocycles. The zero-order chi connectivity index (χ0) is 13.1. The van der Waals surface area contributed by atoms with E-state index >= 15 is 0 Å². The number of amides is 1. The minimum Gasteiger partial charge on any atom is -0.367 e. The van der Waals surface area contributed by atoms with Crippen LogP contribution in [0.4, 0.5) is 5.69 Å². The van der Waals surface area contributed by atoms with Gasteiger partial charge < -0.3 is 10.3 Å². The molecule has 5 nitrogen and oxygen atoms in total. The molecule has 0 fully saturated rings. The van der Waals surface area contributed by atoms with Crippen LogP contribution in [-0.2, 0) is 0 Å². The maximum Gasteiger partial charge on any atom is 0.261 e. The van der Waals surface area contributed by atoms with Gasteiger partial charge in [0.25, 0.3) is 5.91 Å². The fourth-order valence-electron chi connectivity index (χ4n) is 1.45. The van der Waals surface area contributed by atoms with E-state index in [1.54, 1.807) is 19.1 Å². The molecule has 2 rings (SSSR count). The fraction of sp³-hybridized carbons (Fsp3) is 0.0833. The molecule has 18 heavy (non-hydrogen) atoms. The van der Waals surface area contributed by atoms with Crippen LogP contribution >= 0.6 is 15.9 Å². The second-order valence-corrected chi connectivity index (χ2v) is 4.46. The van der Waals surface area contributed by atoms with Gasteiger partial charge in [-0.2, -0.15) is 0 Å². The van der Waals surface area contributed by atoms with E-state index in [-0.39, 0.29) is 11.0 Å². The Balaban J connectivity index is 2.27. The third-order valence-electron chi connectivity index (χ3n) is 2.37. The Labute approximate surface area is 111 Å². The number of carbonyl (C=O) groups is 1. The van der Waals surface area contributed by atoms with Crippen LogP contribution in [-0.4, -0.2) is 15.9 Å². The SMILES string of the molecule is Cc1nc(Br)ccc1NC(=O)c1c[nH]ccc1=O. The Morgan fingerprint density at radius 1 is 1.39 bits per heavy atom. The van der Waals surface area contributed by atoms with E-state index in [1.165, 1.54) is 18.5 Å². The van der Waals surface area contributed by atoms with Crippen LogP contribution in [0.2, 0.25) is 0 Å². The van der Waals surface area contributed by atoms with Gasteiger partial charge in [-0.3, -0.25) is 9.59 Å². The quantitative estimate of drug-likeness (QED) is 0.834. The number of aromatic amines is 1.